The van der Waals surface area contributed by atoms with Gasteiger partial charge in [0.25, 0.3) is 5.91 Å². The fraction of sp³-hybridized carbons (Fsp3) is 0.176. The number of carbonyl (C=O) groups excluding carboxylic acids is 2. The van der Waals surface area contributed by atoms with Crippen LogP contribution in [0.25, 0.3) is 0 Å². The van der Waals surface area contributed by atoms with Gasteiger partial charge in [0.1, 0.15) is 10.7 Å². The number of nitrogens with one attached hydrogen (secondary N) is 1. The van der Waals surface area contributed by atoms with Crippen LogP contribution in [-0.2, 0) is 19.6 Å². The van der Waals surface area contributed by atoms with Crippen LogP contribution >= 0.6 is 27.5 Å². The molecule has 0 fully saturated rings. The number of esters is 1. The molecule has 0 aromatic heterocycles. The number of halogens is 3. The van der Waals surface area contributed by atoms with E-state index in [4.69, 9.17) is 16.3 Å². The largest absolute Gasteiger partial charge is 0.452 e. The summed E-state index contributed by atoms with van der Waals surface area (Å²) in [6.07, 6.45) is 0. The molecule has 1 amide bonds. The van der Waals surface area contributed by atoms with Gasteiger partial charge in [-0.1, -0.05) is 27.5 Å². The Balaban J connectivity index is 2.08. The summed E-state index contributed by atoms with van der Waals surface area (Å²) >= 11 is 9.01. The Hall–Kier alpha value is -2.01. The first kappa shape index (κ1) is 22.3. The van der Waals surface area contributed by atoms with Gasteiger partial charge in [-0.3, -0.25) is 4.79 Å². The van der Waals surface area contributed by atoms with Crippen LogP contribution in [0.3, 0.4) is 0 Å². The predicted octanol–water partition coefficient (Wildman–Crippen LogP) is 3.29. The van der Waals surface area contributed by atoms with Gasteiger partial charge in [0.05, 0.1) is 16.3 Å². The highest BCUT2D eigenvalue weighted by Gasteiger charge is 2.23. The number of carbonyl (C=O) groups is 2. The first-order chi connectivity index (χ1) is 13.0. The Bertz CT molecular complexity index is 1030. The Morgan fingerprint density at radius 1 is 1.21 bits per heavy atom. The molecule has 1 N–H and O–H groups in total. The Kier molecular flexibility index (Phi) is 7.16. The van der Waals surface area contributed by atoms with E-state index in [-0.39, 0.29) is 21.2 Å². The van der Waals surface area contributed by atoms with Gasteiger partial charge in [0, 0.05) is 18.6 Å². The van der Waals surface area contributed by atoms with Crippen molar-refractivity contribution in [3.63, 3.8) is 0 Å². The van der Waals surface area contributed by atoms with Gasteiger partial charge in [-0.15, -0.1) is 0 Å². The third-order valence-electron chi connectivity index (χ3n) is 3.47. The summed E-state index contributed by atoms with van der Waals surface area (Å²) in [4.78, 5) is 23.7. The second-order valence-corrected chi connectivity index (χ2v) is 9.12. The van der Waals surface area contributed by atoms with Crippen molar-refractivity contribution in [2.24, 2.45) is 0 Å². The van der Waals surface area contributed by atoms with E-state index in [0.717, 1.165) is 10.4 Å². The lowest BCUT2D eigenvalue weighted by atomic mass is 10.2. The van der Waals surface area contributed by atoms with Gasteiger partial charge in [-0.25, -0.2) is 21.9 Å². The molecule has 0 radical (unpaired) electrons. The molecule has 0 aliphatic rings. The fourth-order valence-electron chi connectivity index (χ4n) is 2.02. The van der Waals surface area contributed by atoms with Crippen molar-refractivity contribution in [1.29, 1.82) is 0 Å². The lowest BCUT2D eigenvalue weighted by Gasteiger charge is -2.13. The van der Waals surface area contributed by atoms with Crippen LogP contribution in [0.2, 0.25) is 5.02 Å². The van der Waals surface area contributed by atoms with E-state index in [9.17, 15) is 22.4 Å². The first-order valence-electron chi connectivity index (χ1n) is 7.66. The Morgan fingerprint density at radius 3 is 2.50 bits per heavy atom. The monoisotopic (exact) mass is 492 g/mol. The minimum absolute atomic E-state index is 0.0614. The highest BCUT2D eigenvalue weighted by molar-refractivity contribution is 9.10. The van der Waals surface area contributed by atoms with Gasteiger partial charge in [-0.05, 0) is 36.4 Å². The molecule has 2 aromatic carbocycles. The van der Waals surface area contributed by atoms with Crippen molar-refractivity contribution in [3.05, 3.63) is 57.3 Å². The van der Waals surface area contributed by atoms with Crippen molar-refractivity contribution in [2.75, 3.05) is 26.0 Å². The highest BCUT2D eigenvalue weighted by Crippen LogP contribution is 2.25. The summed E-state index contributed by atoms with van der Waals surface area (Å²) in [5.41, 5.74) is -0.178. The number of amides is 1. The molecule has 0 saturated carbocycles. The highest BCUT2D eigenvalue weighted by atomic mass is 79.9. The molecule has 0 aliphatic heterocycles. The molecule has 0 unspecified atom stereocenters. The third-order valence-corrected chi connectivity index (χ3v) is 6.26. The van der Waals surface area contributed by atoms with Crippen LogP contribution in [0.15, 0.2) is 45.8 Å². The average molecular weight is 494 g/mol. The van der Waals surface area contributed by atoms with Crippen LogP contribution in [0.1, 0.15) is 10.4 Å². The number of ether oxygens (including phenoxy) is 1. The van der Waals surface area contributed by atoms with E-state index in [1.807, 2.05) is 0 Å². The third kappa shape index (κ3) is 5.28. The molecule has 2 aromatic rings. The number of hydrogen-bond acceptors (Lipinski definition) is 5. The van der Waals surface area contributed by atoms with Gasteiger partial charge in [-0.2, -0.15) is 0 Å². The topological polar surface area (TPSA) is 92.8 Å². The molecule has 7 nitrogen and oxygen atoms in total. The minimum Gasteiger partial charge on any atom is -0.452 e. The summed E-state index contributed by atoms with van der Waals surface area (Å²) < 4.78 is 44.5. The number of sulfonamides is 1. The van der Waals surface area contributed by atoms with Crippen LogP contribution in [0, 0.1) is 5.82 Å². The second kappa shape index (κ2) is 8.99. The number of hydrogen-bond donors (Lipinski definition) is 1. The summed E-state index contributed by atoms with van der Waals surface area (Å²) in [6, 6.07) is 7.62. The first-order valence-corrected chi connectivity index (χ1v) is 10.3. The van der Waals surface area contributed by atoms with Gasteiger partial charge >= 0.3 is 5.97 Å². The zero-order valence-electron chi connectivity index (χ0n) is 14.7. The Labute approximate surface area is 174 Å². The number of benzene rings is 2. The van der Waals surface area contributed by atoms with Gasteiger partial charge < -0.3 is 10.1 Å². The standard InChI is InChI=1S/C17H15BrClFN2O5S/c1-22(2)28(25,26)15-7-10(3-5-12(15)19)17(24)27-9-16(23)21-14-6-4-11(18)8-13(14)20/h3-8H,9H2,1-2H3,(H,21,23). The van der Waals surface area contributed by atoms with Crippen molar-refractivity contribution >= 4 is 55.1 Å². The fourth-order valence-corrected chi connectivity index (χ4v) is 3.74. The molecule has 150 valence electrons. The summed E-state index contributed by atoms with van der Waals surface area (Å²) in [5, 5.41) is 2.21. The van der Waals surface area contributed by atoms with E-state index < -0.39 is 34.3 Å². The lowest BCUT2D eigenvalue weighted by molar-refractivity contribution is -0.119. The quantitative estimate of drug-likeness (QED) is 0.624. The minimum atomic E-state index is -3.88. The number of rotatable bonds is 6. The van der Waals surface area contributed by atoms with E-state index in [2.05, 4.69) is 21.2 Å². The molecule has 0 bridgehead atoms. The number of nitrogens with zero attached hydrogens (tertiary/aromatic N) is 1. The maximum atomic E-state index is 13.7. The molecule has 0 heterocycles. The summed E-state index contributed by atoms with van der Waals surface area (Å²) in [6.45, 7) is -0.688. The zero-order chi connectivity index (χ0) is 21.1. The maximum Gasteiger partial charge on any atom is 0.338 e. The van der Waals surface area contributed by atoms with E-state index in [1.54, 1.807) is 0 Å². The van der Waals surface area contributed by atoms with Crippen LogP contribution in [-0.4, -0.2) is 45.3 Å². The van der Waals surface area contributed by atoms with Crippen LogP contribution < -0.4 is 5.32 Å². The van der Waals surface area contributed by atoms with Crippen molar-refractivity contribution in [2.45, 2.75) is 4.90 Å². The zero-order valence-corrected chi connectivity index (χ0v) is 17.9. The van der Waals surface area contributed by atoms with E-state index >= 15 is 0 Å². The molecule has 0 saturated heterocycles. The number of anilines is 1. The molecule has 0 aliphatic carbocycles. The smallest absolute Gasteiger partial charge is 0.338 e. The van der Waals surface area contributed by atoms with Crippen molar-refractivity contribution < 1.29 is 27.1 Å². The van der Waals surface area contributed by atoms with E-state index in [1.165, 1.54) is 44.4 Å². The normalized spacial score (nSPS) is 11.4. The molecule has 2 rings (SSSR count). The van der Waals surface area contributed by atoms with Crippen LogP contribution in [0.4, 0.5) is 10.1 Å². The second-order valence-electron chi connectivity index (χ2n) is 5.68. The molecular formula is C17H15BrClFN2O5S. The van der Waals surface area contributed by atoms with Crippen molar-refractivity contribution in [1.82, 2.24) is 4.31 Å². The van der Waals surface area contributed by atoms with Gasteiger partial charge in [0.15, 0.2) is 6.61 Å². The Morgan fingerprint density at radius 2 is 1.89 bits per heavy atom. The van der Waals surface area contributed by atoms with E-state index in [0.29, 0.717) is 4.47 Å². The van der Waals surface area contributed by atoms with Crippen molar-refractivity contribution in [3.8, 4) is 0 Å². The maximum absolute atomic E-state index is 13.7. The lowest BCUT2D eigenvalue weighted by Crippen LogP contribution is -2.23. The SMILES string of the molecule is CN(C)S(=O)(=O)c1cc(C(=O)OCC(=O)Nc2ccc(Br)cc2F)ccc1Cl. The molecule has 0 atom stereocenters. The van der Waals surface area contributed by atoms with Gasteiger partial charge in [0.2, 0.25) is 10.0 Å². The summed E-state index contributed by atoms with van der Waals surface area (Å²) in [7, 11) is -1.23. The van der Waals surface area contributed by atoms with Crippen LogP contribution in [0.5, 0.6) is 0 Å². The molecule has 28 heavy (non-hydrogen) atoms. The molecular weight excluding hydrogens is 479 g/mol. The summed E-state index contributed by atoms with van der Waals surface area (Å²) in [5.74, 6) is -2.35. The predicted molar refractivity (Wildman–Crippen MR) is 105 cm³/mol. The average Bonchev–Trinajstić information content (AvgIpc) is 2.62. The molecule has 11 heteroatoms. The molecule has 0 spiro atoms.